The van der Waals surface area contributed by atoms with Gasteiger partial charge in [0.2, 0.25) is 0 Å². The largest absolute Gasteiger partial charge is 0.373 e. The van der Waals surface area contributed by atoms with Gasteiger partial charge in [0, 0.05) is 6.61 Å². The molecule has 1 saturated carbocycles. The minimum atomic E-state index is 0.109. The van der Waals surface area contributed by atoms with Crippen molar-refractivity contribution in [2.24, 2.45) is 10.9 Å². The van der Waals surface area contributed by atoms with E-state index in [0.29, 0.717) is 6.61 Å². The Kier molecular flexibility index (Phi) is 4.12. The number of aliphatic imine (C=N–C) groups is 1. The molecule has 23 heavy (non-hydrogen) atoms. The lowest BCUT2D eigenvalue weighted by molar-refractivity contribution is 0.159. The maximum Gasteiger partial charge on any atom is 0.124 e. The van der Waals surface area contributed by atoms with E-state index in [1.54, 1.807) is 0 Å². The number of nitrogens with one attached hydrogen (secondary N) is 1. The molecule has 1 N–H and O–H groups in total. The zero-order valence-electron chi connectivity index (χ0n) is 13.2. The lowest BCUT2D eigenvalue weighted by Gasteiger charge is -2.19. The minimum Gasteiger partial charge on any atom is -0.373 e. The monoisotopic (exact) mass is 306 g/mol. The van der Waals surface area contributed by atoms with Crippen molar-refractivity contribution in [2.45, 2.75) is 24.9 Å². The van der Waals surface area contributed by atoms with Crippen molar-refractivity contribution >= 4 is 5.84 Å². The highest BCUT2D eigenvalue weighted by atomic mass is 16.5. The molecular weight excluding hydrogens is 284 g/mol. The molecule has 2 unspecified atom stereocenters. The van der Waals surface area contributed by atoms with Crippen LogP contribution in [-0.4, -0.2) is 19.0 Å². The van der Waals surface area contributed by atoms with E-state index in [4.69, 9.17) is 9.73 Å². The van der Waals surface area contributed by atoms with Crippen LogP contribution in [0.1, 0.15) is 36.1 Å². The van der Waals surface area contributed by atoms with Crippen molar-refractivity contribution in [1.82, 2.24) is 5.32 Å². The van der Waals surface area contributed by atoms with Gasteiger partial charge in [-0.05, 0) is 29.9 Å². The molecule has 0 radical (unpaired) electrons. The molecule has 2 aliphatic rings. The van der Waals surface area contributed by atoms with Crippen LogP contribution in [0, 0.1) is 5.92 Å². The van der Waals surface area contributed by atoms with Gasteiger partial charge in [-0.25, -0.2) is 0 Å². The predicted octanol–water partition coefficient (Wildman–Crippen LogP) is 3.90. The summed E-state index contributed by atoms with van der Waals surface area (Å²) in [5, 5.41) is 3.57. The average Bonchev–Trinajstić information content (AvgIpc) is 3.34. The summed E-state index contributed by atoms with van der Waals surface area (Å²) >= 11 is 0. The SMILES string of the molecule is c1ccc(C2N=C(COCC3CC3)NC2c2ccccc2)cc1. The number of hydrogen-bond acceptors (Lipinski definition) is 3. The van der Waals surface area contributed by atoms with Crippen LogP contribution in [0.2, 0.25) is 0 Å². The second-order valence-electron chi connectivity index (χ2n) is 6.42. The Balaban J connectivity index is 1.53. The highest BCUT2D eigenvalue weighted by molar-refractivity contribution is 5.86. The Morgan fingerprint density at radius 1 is 0.913 bits per heavy atom. The average molecular weight is 306 g/mol. The third-order valence-corrected chi connectivity index (χ3v) is 4.52. The molecule has 4 rings (SSSR count). The van der Waals surface area contributed by atoms with Gasteiger partial charge in [-0.3, -0.25) is 4.99 Å². The van der Waals surface area contributed by atoms with E-state index in [1.807, 2.05) is 6.07 Å². The van der Waals surface area contributed by atoms with Crippen molar-refractivity contribution in [3.63, 3.8) is 0 Å². The maximum absolute atomic E-state index is 5.82. The van der Waals surface area contributed by atoms with Crippen LogP contribution in [-0.2, 0) is 4.74 Å². The predicted molar refractivity (Wildman–Crippen MR) is 92.5 cm³/mol. The first-order valence-electron chi connectivity index (χ1n) is 8.41. The van der Waals surface area contributed by atoms with Crippen molar-refractivity contribution in [3.05, 3.63) is 71.8 Å². The Morgan fingerprint density at radius 2 is 1.57 bits per heavy atom. The molecule has 0 amide bonds. The zero-order chi connectivity index (χ0) is 15.5. The molecule has 1 heterocycles. The second-order valence-corrected chi connectivity index (χ2v) is 6.42. The molecule has 2 aromatic rings. The first-order chi connectivity index (χ1) is 11.4. The highest BCUT2D eigenvalue weighted by Crippen LogP contribution is 2.36. The number of benzene rings is 2. The van der Waals surface area contributed by atoms with Crippen LogP contribution in [0.4, 0.5) is 0 Å². The van der Waals surface area contributed by atoms with E-state index in [-0.39, 0.29) is 12.1 Å². The van der Waals surface area contributed by atoms with E-state index in [9.17, 15) is 0 Å². The summed E-state index contributed by atoms with van der Waals surface area (Å²) in [6.45, 7) is 1.45. The molecule has 1 fully saturated rings. The fraction of sp³-hybridized carbons (Fsp3) is 0.350. The van der Waals surface area contributed by atoms with Gasteiger partial charge in [0.25, 0.3) is 0 Å². The molecule has 1 aliphatic heterocycles. The number of hydrogen-bond donors (Lipinski definition) is 1. The Hall–Kier alpha value is -2.13. The van der Waals surface area contributed by atoms with E-state index in [2.05, 4.69) is 59.9 Å². The second kappa shape index (κ2) is 6.55. The Bertz CT molecular complexity index is 665. The number of ether oxygens (including phenoxy) is 1. The third-order valence-electron chi connectivity index (χ3n) is 4.52. The summed E-state index contributed by atoms with van der Waals surface area (Å²) in [5.74, 6) is 1.75. The molecule has 1 aliphatic carbocycles. The normalized spacial score (nSPS) is 23.4. The molecule has 118 valence electrons. The van der Waals surface area contributed by atoms with E-state index < -0.39 is 0 Å². The van der Waals surface area contributed by atoms with Crippen LogP contribution < -0.4 is 5.32 Å². The molecule has 0 aromatic heterocycles. The third kappa shape index (κ3) is 3.45. The van der Waals surface area contributed by atoms with Gasteiger partial charge in [0.05, 0.1) is 6.04 Å². The molecule has 0 saturated heterocycles. The van der Waals surface area contributed by atoms with E-state index >= 15 is 0 Å². The van der Waals surface area contributed by atoms with Gasteiger partial charge in [0.1, 0.15) is 18.5 Å². The fourth-order valence-corrected chi connectivity index (χ4v) is 3.07. The van der Waals surface area contributed by atoms with E-state index in [1.165, 1.54) is 24.0 Å². The summed E-state index contributed by atoms with van der Waals surface area (Å²) in [6.07, 6.45) is 2.64. The molecule has 3 heteroatoms. The zero-order valence-corrected chi connectivity index (χ0v) is 13.2. The molecule has 2 aromatic carbocycles. The lowest BCUT2D eigenvalue weighted by Crippen LogP contribution is -2.27. The number of rotatable bonds is 6. The summed E-state index contributed by atoms with van der Waals surface area (Å²) in [4.78, 5) is 4.91. The van der Waals surface area contributed by atoms with Crippen molar-refractivity contribution in [1.29, 1.82) is 0 Å². The summed E-state index contributed by atoms with van der Waals surface area (Å²) < 4.78 is 5.82. The molecule has 3 nitrogen and oxygen atoms in total. The molecule has 0 spiro atoms. The Labute approximate surface area is 137 Å². The van der Waals surface area contributed by atoms with Gasteiger partial charge in [-0.2, -0.15) is 0 Å². The van der Waals surface area contributed by atoms with Gasteiger partial charge < -0.3 is 10.1 Å². The minimum absolute atomic E-state index is 0.109. The lowest BCUT2D eigenvalue weighted by atomic mass is 9.95. The quantitative estimate of drug-likeness (QED) is 0.878. The van der Waals surface area contributed by atoms with Crippen LogP contribution in [0.15, 0.2) is 65.7 Å². The summed E-state index contributed by atoms with van der Waals surface area (Å²) in [6, 6.07) is 21.3. The summed E-state index contributed by atoms with van der Waals surface area (Å²) in [5.41, 5.74) is 2.51. The summed E-state index contributed by atoms with van der Waals surface area (Å²) in [7, 11) is 0. The molecule has 0 bridgehead atoms. The van der Waals surface area contributed by atoms with Crippen molar-refractivity contribution in [2.75, 3.05) is 13.2 Å². The van der Waals surface area contributed by atoms with Crippen LogP contribution >= 0.6 is 0 Å². The molecular formula is C20H22N2O. The van der Waals surface area contributed by atoms with Gasteiger partial charge in [0.15, 0.2) is 0 Å². The topological polar surface area (TPSA) is 33.6 Å². The van der Waals surface area contributed by atoms with E-state index in [0.717, 1.165) is 18.4 Å². The van der Waals surface area contributed by atoms with Crippen molar-refractivity contribution in [3.8, 4) is 0 Å². The van der Waals surface area contributed by atoms with Crippen LogP contribution in [0.3, 0.4) is 0 Å². The first kappa shape index (κ1) is 14.5. The standard InChI is InChI=1S/C20H22N2O/c1-3-7-16(8-4-1)19-20(17-9-5-2-6-10-17)22-18(21-19)14-23-13-15-11-12-15/h1-10,15,19-20H,11-14H2,(H,21,22). The molecule has 2 atom stereocenters. The van der Waals surface area contributed by atoms with Crippen LogP contribution in [0.5, 0.6) is 0 Å². The number of nitrogens with zero attached hydrogens (tertiary/aromatic N) is 1. The maximum atomic E-state index is 5.82. The smallest absolute Gasteiger partial charge is 0.124 e. The van der Waals surface area contributed by atoms with Crippen LogP contribution in [0.25, 0.3) is 0 Å². The van der Waals surface area contributed by atoms with Gasteiger partial charge in [-0.15, -0.1) is 0 Å². The first-order valence-corrected chi connectivity index (χ1v) is 8.41. The Morgan fingerprint density at radius 3 is 2.22 bits per heavy atom. The number of amidine groups is 1. The highest BCUT2D eigenvalue weighted by Gasteiger charge is 2.31. The fourth-order valence-electron chi connectivity index (χ4n) is 3.07. The van der Waals surface area contributed by atoms with Crippen molar-refractivity contribution < 1.29 is 4.74 Å². The van der Waals surface area contributed by atoms with Gasteiger partial charge >= 0.3 is 0 Å². The van der Waals surface area contributed by atoms with Gasteiger partial charge in [-0.1, -0.05) is 60.7 Å².